The maximum atomic E-state index is 10.7. The normalized spacial score (nSPS) is 10.7. The molecule has 0 atom stereocenters. The number of nitrogens with zero attached hydrogens (tertiary/aromatic N) is 1. The van der Waals surface area contributed by atoms with Crippen molar-refractivity contribution < 1.29 is 4.92 Å². The molecule has 0 saturated heterocycles. The van der Waals surface area contributed by atoms with E-state index in [4.69, 9.17) is 11.6 Å². The Bertz CT molecular complexity index is 525. The third-order valence-corrected chi connectivity index (χ3v) is 4.04. The van der Waals surface area contributed by atoms with E-state index in [0.717, 1.165) is 9.17 Å². The molecule has 2 rings (SSSR count). The van der Waals surface area contributed by atoms with Crippen LogP contribution in [-0.4, -0.2) is 4.92 Å². The second-order valence-electron chi connectivity index (χ2n) is 2.61. The summed E-state index contributed by atoms with van der Waals surface area (Å²) >= 11 is 10.5. The van der Waals surface area contributed by atoms with Crippen molar-refractivity contribution in [1.29, 1.82) is 0 Å². The third kappa shape index (κ3) is 1.41. The Morgan fingerprint density at radius 3 is 2.86 bits per heavy atom. The number of benzene rings is 1. The molecule has 1 aromatic heterocycles. The van der Waals surface area contributed by atoms with E-state index in [-0.39, 0.29) is 5.69 Å². The lowest BCUT2D eigenvalue weighted by atomic mass is 10.2. The van der Waals surface area contributed by atoms with Crippen molar-refractivity contribution in [3.8, 4) is 0 Å². The van der Waals surface area contributed by atoms with Gasteiger partial charge in [0.25, 0.3) is 5.69 Å². The summed E-state index contributed by atoms with van der Waals surface area (Å²) in [6, 6.07) is 3.43. The quantitative estimate of drug-likeness (QED) is 0.583. The summed E-state index contributed by atoms with van der Waals surface area (Å²) in [6.07, 6.45) is 0. The zero-order valence-electron chi connectivity index (χ0n) is 6.66. The predicted octanol–water partition coefficient (Wildman–Crippen LogP) is 4.23. The fourth-order valence-electron chi connectivity index (χ4n) is 1.20. The fraction of sp³-hybridized carbons (Fsp3) is 0. The average Bonchev–Trinajstić information content (AvgIpc) is 2.56. The Morgan fingerprint density at radius 1 is 1.50 bits per heavy atom. The van der Waals surface area contributed by atoms with Gasteiger partial charge in [-0.2, -0.15) is 0 Å². The van der Waals surface area contributed by atoms with Crippen LogP contribution in [0.3, 0.4) is 0 Å². The minimum Gasteiger partial charge on any atom is -0.258 e. The molecule has 0 bridgehead atoms. The zero-order chi connectivity index (χ0) is 10.3. The molecule has 0 saturated carbocycles. The van der Waals surface area contributed by atoms with E-state index in [1.54, 1.807) is 12.1 Å². The van der Waals surface area contributed by atoms with Gasteiger partial charge in [-0.25, -0.2) is 0 Å². The first-order valence-electron chi connectivity index (χ1n) is 3.61. The summed E-state index contributed by atoms with van der Waals surface area (Å²) in [5, 5.41) is 13.1. The minimum atomic E-state index is -0.419. The highest BCUT2D eigenvalue weighted by Gasteiger charge is 2.18. The first-order valence-corrected chi connectivity index (χ1v) is 5.66. The molecule has 0 aliphatic rings. The summed E-state index contributed by atoms with van der Waals surface area (Å²) in [5.74, 6) is 0. The van der Waals surface area contributed by atoms with Crippen LogP contribution >= 0.6 is 38.9 Å². The van der Waals surface area contributed by atoms with Crippen molar-refractivity contribution in [2.24, 2.45) is 0 Å². The largest absolute Gasteiger partial charge is 0.289 e. The Hall–Kier alpha value is -0.650. The van der Waals surface area contributed by atoms with Crippen LogP contribution in [0.15, 0.2) is 22.0 Å². The fourth-order valence-corrected chi connectivity index (χ4v) is 3.06. The van der Waals surface area contributed by atoms with Crippen LogP contribution < -0.4 is 0 Å². The number of thiophene rings is 1. The van der Waals surface area contributed by atoms with E-state index in [9.17, 15) is 10.1 Å². The third-order valence-electron chi connectivity index (χ3n) is 1.80. The summed E-state index contributed by atoms with van der Waals surface area (Å²) in [5.41, 5.74) is 0.0660. The number of halogens is 2. The van der Waals surface area contributed by atoms with Crippen LogP contribution in [-0.2, 0) is 0 Å². The topological polar surface area (TPSA) is 43.1 Å². The Kier molecular flexibility index (Phi) is 2.47. The van der Waals surface area contributed by atoms with Gasteiger partial charge >= 0.3 is 0 Å². The van der Waals surface area contributed by atoms with E-state index in [0.29, 0.717) is 10.4 Å². The van der Waals surface area contributed by atoms with Crippen LogP contribution in [0.4, 0.5) is 5.69 Å². The van der Waals surface area contributed by atoms with Gasteiger partial charge in [0.2, 0.25) is 0 Å². The van der Waals surface area contributed by atoms with E-state index in [1.807, 2.05) is 0 Å². The summed E-state index contributed by atoms with van der Waals surface area (Å²) < 4.78 is 1.64. The molecular weight excluding hydrogens is 290 g/mol. The highest BCUT2D eigenvalue weighted by molar-refractivity contribution is 9.10. The number of hydrogen-bond donors (Lipinski definition) is 0. The van der Waals surface area contributed by atoms with Gasteiger partial charge in [-0.15, -0.1) is 11.3 Å². The lowest BCUT2D eigenvalue weighted by molar-refractivity contribution is -0.382. The smallest absolute Gasteiger partial charge is 0.258 e. The molecule has 0 spiro atoms. The van der Waals surface area contributed by atoms with Gasteiger partial charge in [-0.3, -0.25) is 10.1 Å². The van der Waals surface area contributed by atoms with E-state index < -0.39 is 4.92 Å². The molecule has 0 N–H and O–H groups in total. The van der Waals surface area contributed by atoms with Gasteiger partial charge in [0.1, 0.15) is 0 Å². The molecular formula is C8H3BrClNO2S. The lowest BCUT2D eigenvalue weighted by Crippen LogP contribution is -1.85. The summed E-state index contributed by atoms with van der Waals surface area (Å²) in [4.78, 5) is 10.3. The van der Waals surface area contributed by atoms with E-state index in [1.165, 1.54) is 16.7 Å². The van der Waals surface area contributed by atoms with E-state index in [2.05, 4.69) is 15.9 Å². The molecule has 72 valence electrons. The second kappa shape index (κ2) is 3.49. The second-order valence-corrected chi connectivity index (χ2v) is 4.75. The van der Waals surface area contributed by atoms with Crippen molar-refractivity contribution in [2.75, 3.05) is 0 Å². The zero-order valence-corrected chi connectivity index (χ0v) is 9.82. The highest BCUT2D eigenvalue weighted by atomic mass is 79.9. The maximum absolute atomic E-state index is 10.7. The predicted molar refractivity (Wildman–Crippen MR) is 61.2 cm³/mol. The molecule has 0 fully saturated rings. The molecule has 14 heavy (non-hydrogen) atoms. The summed E-state index contributed by atoms with van der Waals surface area (Å²) in [7, 11) is 0. The molecule has 0 aliphatic carbocycles. The van der Waals surface area contributed by atoms with Crippen LogP contribution in [0.2, 0.25) is 5.02 Å². The number of rotatable bonds is 1. The lowest BCUT2D eigenvalue weighted by Gasteiger charge is -1.95. The molecule has 6 heteroatoms. The van der Waals surface area contributed by atoms with Crippen molar-refractivity contribution >= 4 is 54.6 Å². The number of nitro groups is 1. The van der Waals surface area contributed by atoms with Gasteiger partial charge in [0.15, 0.2) is 0 Å². The van der Waals surface area contributed by atoms with Gasteiger partial charge in [0.05, 0.1) is 25.4 Å². The van der Waals surface area contributed by atoms with Crippen LogP contribution in [0.25, 0.3) is 10.1 Å². The van der Waals surface area contributed by atoms with Crippen LogP contribution in [0.1, 0.15) is 0 Å². The first kappa shape index (κ1) is 9.89. The van der Waals surface area contributed by atoms with E-state index >= 15 is 0 Å². The average molecular weight is 293 g/mol. The highest BCUT2D eigenvalue weighted by Crippen LogP contribution is 2.40. The standard InChI is InChI=1S/C8H3BrClNO2S/c9-4-1-2-5(10)7-6(11(12)13)3-14-8(4)7/h1-3H. The van der Waals surface area contributed by atoms with Gasteiger partial charge in [-0.05, 0) is 28.1 Å². The minimum absolute atomic E-state index is 0.0660. The molecule has 0 amide bonds. The number of fused-ring (bicyclic) bond motifs is 1. The van der Waals surface area contributed by atoms with Gasteiger partial charge < -0.3 is 0 Å². The molecule has 1 heterocycles. The first-order chi connectivity index (χ1) is 6.61. The molecule has 0 unspecified atom stereocenters. The van der Waals surface area contributed by atoms with Crippen molar-refractivity contribution in [2.45, 2.75) is 0 Å². The van der Waals surface area contributed by atoms with Gasteiger partial charge in [-0.1, -0.05) is 11.6 Å². The SMILES string of the molecule is O=[N+]([O-])c1csc2c(Br)ccc(Cl)c12. The molecule has 0 aliphatic heterocycles. The molecule has 3 nitrogen and oxygen atoms in total. The van der Waals surface area contributed by atoms with Crippen LogP contribution in [0.5, 0.6) is 0 Å². The molecule has 2 aromatic rings. The molecule has 1 aromatic carbocycles. The Balaban J connectivity index is 2.90. The van der Waals surface area contributed by atoms with Gasteiger partial charge in [0, 0.05) is 4.47 Å². The molecule has 0 radical (unpaired) electrons. The summed E-state index contributed by atoms with van der Waals surface area (Å²) in [6.45, 7) is 0. The van der Waals surface area contributed by atoms with Crippen molar-refractivity contribution in [3.05, 3.63) is 37.1 Å². The van der Waals surface area contributed by atoms with Crippen molar-refractivity contribution in [3.63, 3.8) is 0 Å². The Labute approximate surface area is 96.6 Å². The number of hydrogen-bond acceptors (Lipinski definition) is 3. The maximum Gasteiger partial charge on any atom is 0.289 e. The van der Waals surface area contributed by atoms with Crippen molar-refractivity contribution in [1.82, 2.24) is 0 Å². The van der Waals surface area contributed by atoms with Crippen LogP contribution in [0, 0.1) is 10.1 Å². The monoisotopic (exact) mass is 291 g/mol. The Morgan fingerprint density at radius 2 is 2.21 bits per heavy atom.